The first-order valence-electron chi connectivity index (χ1n) is 42.2. The van der Waals surface area contributed by atoms with E-state index in [9.17, 15) is 14.0 Å². The Hall–Kier alpha value is -7.96. The summed E-state index contributed by atoms with van der Waals surface area (Å²) in [6, 6.07) is 48.1. The van der Waals surface area contributed by atoms with E-state index < -0.39 is 26.2 Å². The SMILES string of the molecule is C.C.C1CCNC1.CC(=O)O.CC(C)O.CN(C)CCCN(C)c1ccc(/C=C/c2cc[n+](CCSSCC[n+]3ccc(/C=C/c4ccc(N(C)CCCN(C)C)cc4)cc3)cc2)cc1.CN(C)CCCN(C)c1ccc(C=O)cc1.CNCCCN(C)C.CS(=O)(=O)[O-].CS(=O)(=O)[O-].Cc1cc[n+](CCSSCC[n+]2ccc(C)cc2)cc1.O=Cc1ccc(F)cc1. The Morgan fingerprint density at radius 3 is 0.875 bits per heavy atom. The summed E-state index contributed by atoms with van der Waals surface area (Å²) in [6.45, 7) is 24.2. The lowest BCUT2D eigenvalue weighted by atomic mass is 10.1. The Balaban J connectivity index is -0.00000163. The molecule has 716 valence electrons. The fourth-order valence-electron chi connectivity index (χ4n) is 10.5. The number of carbonyl (C=O) groups excluding carboxylic acids is 2. The number of aryl methyl sites for hydroxylation is 6. The molecular weight excluding hydrogens is 1730 g/mol. The second-order valence-corrected chi connectivity index (χ2v) is 39.2. The predicted molar refractivity (Wildman–Crippen MR) is 544 cm³/mol. The molecule has 1 aliphatic heterocycles. The van der Waals surface area contributed by atoms with Crippen molar-refractivity contribution in [2.45, 2.75) is 120 Å². The lowest BCUT2D eigenvalue weighted by Crippen LogP contribution is -2.34. The fraction of sp³-hybridized carbons (Fsp3) is 0.474. The molecule has 0 aliphatic carbocycles. The van der Waals surface area contributed by atoms with Crippen molar-refractivity contribution in [1.29, 1.82) is 0 Å². The topological polar surface area (TPSA) is 268 Å². The van der Waals surface area contributed by atoms with Crippen LogP contribution in [0.25, 0.3) is 24.3 Å². The molecule has 1 fully saturated rings. The van der Waals surface area contributed by atoms with Gasteiger partial charge in [-0.2, -0.15) is 0 Å². The quantitative estimate of drug-likeness (QED) is 0.00916. The number of aliphatic hydroxyl groups is 1. The molecule has 0 atom stereocenters. The summed E-state index contributed by atoms with van der Waals surface area (Å²) in [5.74, 6) is 3.32. The van der Waals surface area contributed by atoms with Gasteiger partial charge in [0, 0.05) is 143 Å². The molecule has 4 aromatic heterocycles. The van der Waals surface area contributed by atoms with Crippen LogP contribution in [0.2, 0.25) is 0 Å². The van der Waals surface area contributed by atoms with Crippen molar-refractivity contribution in [2.24, 2.45) is 0 Å². The minimum absolute atomic E-state index is 0. The van der Waals surface area contributed by atoms with Gasteiger partial charge in [0.2, 0.25) is 0 Å². The third-order valence-corrected chi connectivity index (χ3v) is 21.9. The van der Waals surface area contributed by atoms with Crippen molar-refractivity contribution in [3.63, 3.8) is 0 Å². The molecule has 0 radical (unpaired) electrons. The normalized spacial score (nSPS) is 11.2. The number of hydrogen-bond acceptors (Lipinski definition) is 23. The number of hydrogen-bond donors (Lipinski definition) is 4. The van der Waals surface area contributed by atoms with Gasteiger partial charge in [-0.15, -0.1) is 0 Å². The summed E-state index contributed by atoms with van der Waals surface area (Å²) in [5.41, 5.74) is 12.4. The molecule has 128 heavy (non-hydrogen) atoms. The molecule has 24 nitrogen and oxygen atoms in total. The fourth-order valence-corrected chi connectivity index (χ4v) is 14.4. The van der Waals surface area contributed by atoms with E-state index in [4.69, 9.17) is 40.9 Å². The van der Waals surface area contributed by atoms with Crippen molar-refractivity contribution in [1.82, 2.24) is 30.2 Å². The third-order valence-electron chi connectivity index (χ3n) is 17.2. The van der Waals surface area contributed by atoms with Crippen molar-refractivity contribution in [3.05, 3.63) is 245 Å². The van der Waals surface area contributed by atoms with E-state index in [1.165, 1.54) is 108 Å². The van der Waals surface area contributed by atoms with Crippen LogP contribution >= 0.6 is 43.2 Å². The number of anilines is 3. The second kappa shape index (κ2) is 76.7. The molecule has 4 N–H and O–H groups in total. The highest BCUT2D eigenvalue weighted by atomic mass is 33.1. The van der Waals surface area contributed by atoms with Gasteiger partial charge < -0.3 is 64.3 Å². The average molecular weight is 1890 g/mol. The smallest absolute Gasteiger partial charge is 0.300 e. The number of aliphatic carboxylic acids is 1. The van der Waals surface area contributed by atoms with Crippen molar-refractivity contribution < 1.29 is 73.2 Å². The largest absolute Gasteiger partial charge is 0.748 e. The molecule has 0 spiro atoms. The Labute approximate surface area is 787 Å². The number of halogens is 1. The summed E-state index contributed by atoms with van der Waals surface area (Å²) >= 11 is 0. The summed E-state index contributed by atoms with van der Waals surface area (Å²) in [5, 5.41) is 21.8. The lowest BCUT2D eigenvalue weighted by molar-refractivity contribution is -0.692. The zero-order valence-electron chi connectivity index (χ0n) is 78.3. The first kappa shape index (κ1) is 124. The van der Waals surface area contributed by atoms with Gasteiger partial charge in [-0.05, 0) is 282 Å². The van der Waals surface area contributed by atoms with Crippen LogP contribution in [0, 0.1) is 19.7 Å². The van der Waals surface area contributed by atoms with Gasteiger partial charge in [-0.1, -0.05) is 107 Å². The maximum absolute atomic E-state index is 12.1. The van der Waals surface area contributed by atoms with Crippen LogP contribution in [-0.2, 0) is 51.2 Å². The van der Waals surface area contributed by atoms with Gasteiger partial charge in [0.1, 0.15) is 18.4 Å². The molecule has 0 saturated carbocycles. The third kappa shape index (κ3) is 77.9. The van der Waals surface area contributed by atoms with E-state index in [1.54, 1.807) is 13.8 Å². The zero-order valence-corrected chi connectivity index (χ0v) is 83.2. The first-order chi connectivity index (χ1) is 59.7. The molecule has 5 heterocycles. The maximum atomic E-state index is 12.1. The lowest BCUT2D eigenvalue weighted by Gasteiger charge is -2.20. The van der Waals surface area contributed by atoms with Crippen LogP contribution in [0.15, 0.2) is 195 Å². The number of carbonyl (C=O) groups is 3. The Morgan fingerprint density at radius 1 is 0.438 bits per heavy atom. The van der Waals surface area contributed by atoms with Crippen molar-refractivity contribution >= 4 is 123 Å². The standard InChI is InChI=1S/C42H58N6S2.C16H22N2S2.C13H20N2O.C7H5FO.C6H16N2.C4H9N.C3H8O.C2H4O2.2CH4O3S.2CH4/c1-43(2)25-7-27-45(5)41-17-13-37(14-18-41)9-11-39-21-29-47(30-22-39)33-35-49-50-36-34-48-31-23-40(24-32-48)12-10-38-15-19-42(20-16-38)46(6)28-8-26-44(3)4;1-15-3-7-17(8-4-15)11-13-19-20-14-12-18-9-5-16(2)6-10-18;1-14(2)9-4-10-15(3)13-7-5-12(11-16)6-8-13;8-7-3-1-6(5-9)2-4-7;1-7-5-4-6-8(2)3;1-2-4-5-3-1;1-3(2)4;1-2(3)4;2*1-5(2,3)4;;/h9-24,29-32H,7-8,25-28,33-36H2,1-6H3;3-10H,11-14H2,1-2H3;5-8,11H,4,9-10H2,1-3H3;1-5H;7H,4-6H2,1-3H3;5H,1-4H2;3-4H,1-2H3;1H3,(H,3,4);2*1H3,(H,2,3,4);2*1H4/q2*+2;;;;;;;;;;/p-2. The number of aromatic nitrogens is 4. The molecule has 9 rings (SSSR count). The molecular formula is C97H156FN13O11S6+2. The minimum atomic E-state index is -3.92. The number of carboxylic acid groups (broad SMARTS) is 1. The second-order valence-electron chi connectivity index (χ2n) is 31.0. The van der Waals surface area contributed by atoms with Gasteiger partial charge in [0.15, 0.2) is 75.8 Å². The van der Waals surface area contributed by atoms with E-state index in [0.717, 1.165) is 139 Å². The van der Waals surface area contributed by atoms with Crippen molar-refractivity contribution in [2.75, 3.05) is 200 Å². The number of benzene rings is 4. The maximum Gasteiger partial charge on any atom is 0.300 e. The summed E-state index contributed by atoms with van der Waals surface area (Å²) < 4.78 is 75.6. The van der Waals surface area contributed by atoms with Crippen LogP contribution in [0.4, 0.5) is 21.5 Å². The zero-order chi connectivity index (χ0) is 94.5. The van der Waals surface area contributed by atoms with Gasteiger partial charge in [0.25, 0.3) is 5.97 Å². The van der Waals surface area contributed by atoms with Crippen LogP contribution in [0.5, 0.6) is 0 Å². The van der Waals surface area contributed by atoms with Crippen LogP contribution < -0.4 is 43.6 Å². The molecule has 31 heteroatoms. The number of nitrogens with one attached hydrogen (secondary N) is 2. The molecule has 4 aromatic carbocycles. The Bertz CT molecular complexity index is 4130. The van der Waals surface area contributed by atoms with Gasteiger partial charge in [0.05, 0.1) is 43.2 Å². The van der Waals surface area contributed by atoms with Crippen LogP contribution in [0.1, 0.15) is 128 Å². The van der Waals surface area contributed by atoms with Crippen molar-refractivity contribution in [3.8, 4) is 0 Å². The van der Waals surface area contributed by atoms with Gasteiger partial charge in [-0.3, -0.25) is 14.4 Å². The van der Waals surface area contributed by atoms with E-state index in [1.807, 2.05) is 74.5 Å². The number of pyridine rings is 4. The van der Waals surface area contributed by atoms with E-state index in [-0.39, 0.29) is 26.8 Å². The molecule has 0 bridgehead atoms. The summed E-state index contributed by atoms with van der Waals surface area (Å²) in [4.78, 5) is 45.2. The highest BCUT2D eigenvalue weighted by Crippen LogP contribution is 2.23. The first-order valence-corrected chi connectivity index (χ1v) is 50.8. The predicted octanol–water partition coefficient (Wildman–Crippen LogP) is 14.5. The van der Waals surface area contributed by atoms with Crippen LogP contribution in [-0.4, -0.2) is 266 Å². The van der Waals surface area contributed by atoms with Gasteiger partial charge in [-0.25, -0.2) is 39.5 Å². The number of carboxylic acids is 1. The highest BCUT2D eigenvalue weighted by molar-refractivity contribution is 8.77. The number of nitrogens with zero attached hydrogens (tertiary/aromatic N) is 11. The molecule has 1 aliphatic rings. The average Bonchev–Trinajstić information content (AvgIpc) is 1.00. The summed E-state index contributed by atoms with van der Waals surface area (Å²) in [7, 11) is 25.2. The minimum Gasteiger partial charge on any atom is -0.748 e. The molecule has 0 unspecified atom stereocenters. The molecule has 1 saturated heterocycles. The van der Waals surface area contributed by atoms with E-state index >= 15 is 0 Å². The highest BCUT2D eigenvalue weighted by Gasteiger charge is 2.09. The van der Waals surface area contributed by atoms with E-state index in [2.05, 4.69) is 326 Å². The number of aliphatic hydroxyl groups excluding tert-OH is 1. The van der Waals surface area contributed by atoms with Gasteiger partial charge >= 0.3 is 0 Å². The number of rotatable bonds is 39. The van der Waals surface area contributed by atoms with Crippen LogP contribution in [0.3, 0.4) is 0 Å². The molecule has 8 aromatic rings. The Morgan fingerprint density at radius 2 is 0.656 bits per heavy atom. The van der Waals surface area contributed by atoms with E-state index in [0.29, 0.717) is 24.4 Å². The Kier molecular flexibility index (Phi) is 74.4. The molecule has 0 amide bonds. The number of aldehydes is 2. The monoisotopic (exact) mass is 1890 g/mol. The summed E-state index contributed by atoms with van der Waals surface area (Å²) in [6.07, 6.45) is 36.2.